The Balaban J connectivity index is 2.51. The molecule has 0 saturated heterocycles. The van der Waals surface area contributed by atoms with Gasteiger partial charge in [-0.15, -0.1) is 0 Å². The minimum Gasteiger partial charge on any atom is -0.312 e. The van der Waals surface area contributed by atoms with Gasteiger partial charge in [0.05, 0.1) is 15.9 Å². The van der Waals surface area contributed by atoms with Gasteiger partial charge in [0.25, 0.3) is 11.4 Å². The highest BCUT2D eigenvalue weighted by Crippen LogP contribution is 2.24. The van der Waals surface area contributed by atoms with E-state index in [2.05, 4.69) is 11.6 Å². The molecule has 0 unspecified atom stereocenters. The van der Waals surface area contributed by atoms with Crippen LogP contribution in [-0.2, 0) is 6.54 Å². The molecule has 0 saturated carbocycles. The predicted octanol–water partition coefficient (Wildman–Crippen LogP) is 3.13. The number of non-ortho nitro benzene ring substituents is 1. The SMILES string of the molecule is CSCCCCCNCc1ccc([N+](=O)[O-])cc1[N+](=O)[O-]. The number of benzene rings is 1. The number of nitrogens with one attached hydrogen (secondary N) is 1. The van der Waals surface area contributed by atoms with Crippen molar-refractivity contribution in [3.05, 3.63) is 44.0 Å². The Morgan fingerprint density at radius 3 is 2.52 bits per heavy atom. The lowest BCUT2D eigenvalue weighted by Gasteiger charge is -2.05. The maximum absolute atomic E-state index is 11.0. The quantitative estimate of drug-likeness (QED) is 0.405. The molecule has 0 spiro atoms. The monoisotopic (exact) mass is 313 g/mol. The van der Waals surface area contributed by atoms with Gasteiger partial charge < -0.3 is 5.32 Å². The fraction of sp³-hybridized carbons (Fsp3) is 0.538. The summed E-state index contributed by atoms with van der Waals surface area (Å²) < 4.78 is 0. The van der Waals surface area contributed by atoms with Gasteiger partial charge in [-0.05, 0) is 37.5 Å². The summed E-state index contributed by atoms with van der Waals surface area (Å²) in [6.45, 7) is 1.12. The highest BCUT2D eigenvalue weighted by molar-refractivity contribution is 7.98. The first-order chi connectivity index (χ1) is 10.1. The van der Waals surface area contributed by atoms with E-state index in [1.54, 1.807) is 0 Å². The Labute approximate surface area is 127 Å². The number of nitro benzene ring substituents is 2. The van der Waals surface area contributed by atoms with E-state index < -0.39 is 9.85 Å². The summed E-state index contributed by atoms with van der Waals surface area (Å²) in [5.41, 5.74) is -0.00341. The van der Waals surface area contributed by atoms with Gasteiger partial charge in [0.2, 0.25) is 0 Å². The molecule has 0 aromatic heterocycles. The summed E-state index contributed by atoms with van der Waals surface area (Å²) >= 11 is 1.82. The number of hydrogen-bond donors (Lipinski definition) is 1. The molecule has 0 bridgehead atoms. The van der Waals surface area contributed by atoms with E-state index in [0.29, 0.717) is 12.1 Å². The average molecular weight is 313 g/mol. The van der Waals surface area contributed by atoms with Crippen LogP contribution in [0.5, 0.6) is 0 Å². The van der Waals surface area contributed by atoms with Crippen molar-refractivity contribution in [1.29, 1.82) is 0 Å². The maximum atomic E-state index is 11.0. The van der Waals surface area contributed by atoms with Crippen molar-refractivity contribution in [2.45, 2.75) is 25.8 Å². The molecule has 0 aliphatic carbocycles. The second-order valence-electron chi connectivity index (χ2n) is 4.56. The van der Waals surface area contributed by atoms with Gasteiger partial charge in [0.1, 0.15) is 0 Å². The van der Waals surface area contributed by atoms with Gasteiger partial charge in [-0.25, -0.2) is 0 Å². The molecule has 0 atom stereocenters. The van der Waals surface area contributed by atoms with Crippen LogP contribution in [0, 0.1) is 20.2 Å². The van der Waals surface area contributed by atoms with Crippen LogP contribution in [0.25, 0.3) is 0 Å². The van der Waals surface area contributed by atoms with E-state index >= 15 is 0 Å². The van der Waals surface area contributed by atoms with E-state index in [-0.39, 0.29) is 11.4 Å². The molecule has 0 heterocycles. The van der Waals surface area contributed by atoms with Crippen LogP contribution in [0.15, 0.2) is 18.2 Å². The van der Waals surface area contributed by atoms with Gasteiger partial charge in [-0.2, -0.15) is 11.8 Å². The lowest BCUT2D eigenvalue weighted by molar-refractivity contribution is -0.394. The second kappa shape index (κ2) is 9.30. The zero-order valence-electron chi connectivity index (χ0n) is 11.9. The molecular weight excluding hydrogens is 294 g/mol. The first-order valence-electron chi connectivity index (χ1n) is 6.67. The molecule has 0 aliphatic rings. The van der Waals surface area contributed by atoms with Crippen molar-refractivity contribution in [2.24, 2.45) is 0 Å². The Morgan fingerprint density at radius 1 is 1.14 bits per heavy atom. The van der Waals surface area contributed by atoms with Crippen molar-refractivity contribution >= 4 is 23.1 Å². The summed E-state index contributed by atoms with van der Waals surface area (Å²) in [5.74, 6) is 1.15. The molecule has 116 valence electrons. The number of unbranched alkanes of at least 4 members (excludes halogenated alkanes) is 2. The normalized spacial score (nSPS) is 10.5. The van der Waals surface area contributed by atoms with Crippen molar-refractivity contribution < 1.29 is 9.85 Å². The molecular formula is C13H19N3O4S. The van der Waals surface area contributed by atoms with Crippen LogP contribution < -0.4 is 5.32 Å². The molecule has 1 N–H and O–H groups in total. The molecule has 8 heteroatoms. The number of nitro groups is 2. The van der Waals surface area contributed by atoms with E-state index in [4.69, 9.17) is 0 Å². The summed E-state index contributed by atoms with van der Waals surface area (Å²) in [7, 11) is 0. The smallest absolute Gasteiger partial charge is 0.280 e. The minimum absolute atomic E-state index is 0.209. The summed E-state index contributed by atoms with van der Waals surface area (Å²) in [4.78, 5) is 20.4. The molecule has 1 rings (SSSR count). The zero-order valence-corrected chi connectivity index (χ0v) is 12.7. The van der Waals surface area contributed by atoms with Crippen LogP contribution in [0.4, 0.5) is 11.4 Å². The van der Waals surface area contributed by atoms with Crippen LogP contribution in [0.3, 0.4) is 0 Å². The maximum Gasteiger partial charge on any atom is 0.280 e. The molecule has 0 fully saturated rings. The van der Waals surface area contributed by atoms with Gasteiger partial charge in [0, 0.05) is 18.2 Å². The molecule has 7 nitrogen and oxygen atoms in total. The standard InChI is InChI=1S/C13H19N3O4S/c1-21-8-4-2-3-7-14-10-11-5-6-12(15(17)18)9-13(11)16(19)20/h5-6,9,14H,2-4,7-8,10H2,1H3. The van der Waals surface area contributed by atoms with E-state index in [1.807, 2.05) is 11.8 Å². The fourth-order valence-electron chi connectivity index (χ4n) is 1.88. The molecule has 0 radical (unpaired) electrons. The highest BCUT2D eigenvalue weighted by Gasteiger charge is 2.18. The zero-order chi connectivity index (χ0) is 15.7. The Morgan fingerprint density at radius 2 is 1.90 bits per heavy atom. The Bertz CT molecular complexity index is 496. The third kappa shape index (κ3) is 6.09. The van der Waals surface area contributed by atoms with Crippen molar-refractivity contribution in [2.75, 3.05) is 18.6 Å². The van der Waals surface area contributed by atoms with Crippen LogP contribution in [0.2, 0.25) is 0 Å². The van der Waals surface area contributed by atoms with Gasteiger partial charge in [0.15, 0.2) is 0 Å². The van der Waals surface area contributed by atoms with Crippen LogP contribution in [0.1, 0.15) is 24.8 Å². The van der Waals surface area contributed by atoms with E-state index in [1.165, 1.54) is 18.6 Å². The first-order valence-corrected chi connectivity index (χ1v) is 8.07. The average Bonchev–Trinajstić information content (AvgIpc) is 2.46. The second-order valence-corrected chi connectivity index (χ2v) is 5.54. The molecule has 21 heavy (non-hydrogen) atoms. The van der Waals surface area contributed by atoms with Crippen LogP contribution >= 0.6 is 11.8 Å². The topological polar surface area (TPSA) is 98.3 Å². The van der Waals surface area contributed by atoms with Gasteiger partial charge in [-0.3, -0.25) is 20.2 Å². The Kier molecular flexibility index (Phi) is 7.70. The summed E-state index contributed by atoms with van der Waals surface area (Å²) in [6, 6.07) is 3.74. The van der Waals surface area contributed by atoms with Gasteiger partial charge >= 0.3 is 0 Å². The Hall–Kier alpha value is -1.67. The lowest BCUT2D eigenvalue weighted by Crippen LogP contribution is -2.15. The largest absolute Gasteiger partial charge is 0.312 e. The number of hydrogen-bond acceptors (Lipinski definition) is 6. The highest BCUT2D eigenvalue weighted by atomic mass is 32.2. The fourth-order valence-corrected chi connectivity index (χ4v) is 2.37. The predicted molar refractivity (Wildman–Crippen MR) is 83.7 cm³/mol. The third-order valence-electron chi connectivity index (χ3n) is 2.99. The number of rotatable bonds is 10. The van der Waals surface area contributed by atoms with Crippen molar-refractivity contribution in [3.63, 3.8) is 0 Å². The van der Waals surface area contributed by atoms with Gasteiger partial charge in [-0.1, -0.05) is 6.42 Å². The molecule has 1 aromatic carbocycles. The lowest BCUT2D eigenvalue weighted by atomic mass is 10.1. The van der Waals surface area contributed by atoms with Crippen LogP contribution in [-0.4, -0.2) is 28.4 Å². The van der Waals surface area contributed by atoms with Crippen molar-refractivity contribution in [1.82, 2.24) is 5.32 Å². The summed E-state index contributed by atoms with van der Waals surface area (Å²) in [6.07, 6.45) is 5.38. The molecule has 1 aromatic rings. The number of nitrogens with zero attached hydrogens (tertiary/aromatic N) is 2. The van der Waals surface area contributed by atoms with Crippen molar-refractivity contribution in [3.8, 4) is 0 Å². The third-order valence-corrected chi connectivity index (χ3v) is 3.69. The minimum atomic E-state index is -0.629. The first kappa shape index (κ1) is 17.4. The summed E-state index contributed by atoms with van der Waals surface area (Å²) in [5, 5.41) is 24.7. The van der Waals surface area contributed by atoms with E-state index in [9.17, 15) is 20.2 Å². The van der Waals surface area contributed by atoms with E-state index in [0.717, 1.165) is 31.2 Å². The molecule has 0 amide bonds. The molecule has 0 aliphatic heterocycles. The number of thioether (sulfide) groups is 1.